The highest BCUT2D eigenvalue weighted by atomic mass is 35.5. The fourth-order valence-electron chi connectivity index (χ4n) is 4.79. The van der Waals surface area contributed by atoms with E-state index in [-0.39, 0.29) is 23.0 Å². The Labute approximate surface area is 225 Å². The molecule has 2 aliphatic rings. The number of sulfonamides is 1. The van der Waals surface area contributed by atoms with Crippen LogP contribution in [0.1, 0.15) is 24.2 Å². The van der Waals surface area contributed by atoms with Crippen molar-refractivity contribution in [3.63, 3.8) is 0 Å². The summed E-state index contributed by atoms with van der Waals surface area (Å²) in [6.45, 7) is 6.71. The molecule has 3 aromatic rings. The first-order valence-corrected chi connectivity index (χ1v) is 14.7. The largest absolute Gasteiger partial charge is 0.493 e. The van der Waals surface area contributed by atoms with Gasteiger partial charge in [0.05, 0.1) is 33.9 Å². The van der Waals surface area contributed by atoms with E-state index in [9.17, 15) is 13.2 Å². The first kappa shape index (κ1) is 26.2. The highest BCUT2D eigenvalue weighted by Crippen LogP contribution is 2.38. The number of halogens is 1. The van der Waals surface area contributed by atoms with Crippen molar-refractivity contribution in [3.05, 3.63) is 47.0 Å². The monoisotopic (exact) mass is 564 g/mol. The standard InChI is InChI=1S/C25H29ClN4O5S2/c1-16-14-30(15-17(2)35-16)37(32,33)19-6-4-18(5-7-19)24(31)28-10-12-29(13-11-28)25-27-22-21(36-25)9-8-20(26)23(22)34-3/h4-9,16-17H,10-15H2,1-3H3. The van der Waals surface area contributed by atoms with E-state index in [4.69, 9.17) is 26.1 Å². The summed E-state index contributed by atoms with van der Waals surface area (Å²) in [6, 6.07) is 9.97. The normalized spacial score (nSPS) is 21.4. The number of ether oxygens (including phenoxy) is 2. The number of fused-ring (bicyclic) bond motifs is 1. The van der Waals surface area contributed by atoms with Gasteiger partial charge in [0, 0.05) is 44.8 Å². The lowest BCUT2D eigenvalue weighted by atomic mass is 10.2. The number of hydrogen-bond acceptors (Lipinski definition) is 8. The van der Waals surface area contributed by atoms with E-state index in [0.29, 0.717) is 55.6 Å². The van der Waals surface area contributed by atoms with E-state index in [1.165, 1.54) is 16.4 Å². The van der Waals surface area contributed by atoms with Crippen LogP contribution in [0, 0.1) is 0 Å². The summed E-state index contributed by atoms with van der Waals surface area (Å²) in [5.41, 5.74) is 1.21. The Bertz CT molecular complexity index is 1390. The molecule has 2 atom stereocenters. The van der Waals surface area contributed by atoms with Gasteiger partial charge in [-0.3, -0.25) is 4.79 Å². The van der Waals surface area contributed by atoms with E-state index in [1.807, 2.05) is 19.9 Å². The summed E-state index contributed by atoms with van der Waals surface area (Å²) in [4.78, 5) is 22.0. The Balaban J connectivity index is 1.24. The van der Waals surface area contributed by atoms with Crippen molar-refractivity contribution in [2.45, 2.75) is 31.0 Å². The van der Waals surface area contributed by atoms with Gasteiger partial charge in [0.15, 0.2) is 10.9 Å². The van der Waals surface area contributed by atoms with Gasteiger partial charge < -0.3 is 19.3 Å². The molecular weight excluding hydrogens is 536 g/mol. The van der Waals surface area contributed by atoms with Crippen molar-refractivity contribution < 1.29 is 22.7 Å². The van der Waals surface area contributed by atoms with Crippen molar-refractivity contribution in [1.82, 2.24) is 14.2 Å². The molecule has 2 unspecified atom stereocenters. The third kappa shape index (κ3) is 5.15. The van der Waals surface area contributed by atoms with Crippen LogP contribution >= 0.6 is 22.9 Å². The van der Waals surface area contributed by atoms with Crippen LogP contribution in [0.25, 0.3) is 10.2 Å². The molecule has 37 heavy (non-hydrogen) atoms. The summed E-state index contributed by atoms with van der Waals surface area (Å²) in [7, 11) is -2.07. The number of methoxy groups -OCH3 is 1. The number of anilines is 1. The Morgan fingerprint density at radius 1 is 1.05 bits per heavy atom. The smallest absolute Gasteiger partial charge is 0.253 e. The highest BCUT2D eigenvalue weighted by molar-refractivity contribution is 7.89. The number of aromatic nitrogens is 1. The molecule has 2 saturated heterocycles. The lowest BCUT2D eigenvalue weighted by Crippen LogP contribution is -2.48. The topological polar surface area (TPSA) is 92.3 Å². The molecule has 12 heteroatoms. The molecule has 0 aliphatic carbocycles. The van der Waals surface area contributed by atoms with Crippen LogP contribution in [-0.2, 0) is 14.8 Å². The van der Waals surface area contributed by atoms with Gasteiger partial charge in [-0.25, -0.2) is 13.4 Å². The first-order valence-electron chi connectivity index (χ1n) is 12.1. The summed E-state index contributed by atoms with van der Waals surface area (Å²) >= 11 is 7.81. The zero-order chi connectivity index (χ0) is 26.3. The molecule has 0 N–H and O–H groups in total. The zero-order valence-electron chi connectivity index (χ0n) is 20.9. The van der Waals surface area contributed by atoms with Crippen molar-refractivity contribution in [2.75, 3.05) is 51.3 Å². The molecule has 0 radical (unpaired) electrons. The van der Waals surface area contributed by atoms with Crippen LogP contribution in [0.3, 0.4) is 0 Å². The van der Waals surface area contributed by atoms with E-state index >= 15 is 0 Å². The lowest BCUT2D eigenvalue weighted by molar-refractivity contribution is -0.0440. The number of thiazole rings is 1. The Morgan fingerprint density at radius 2 is 1.70 bits per heavy atom. The van der Waals surface area contributed by atoms with Crippen molar-refractivity contribution in [3.8, 4) is 5.75 Å². The molecule has 198 valence electrons. The van der Waals surface area contributed by atoms with Gasteiger partial charge in [0.2, 0.25) is 10.0 Å². The third-order valence-electron chi connectivity index (χ3n) is 6.62. The number of nitrogens with zero attached hydrogens (tertiary/aromatic N) is 4. The molecule has 5 rings (SSSR count). The maximum absolute atomic E-state index is 13.1. The molecule has 2 aliphatic heterocycles. The predicted molar refractivity (Wildman–Crippen MR) is 145 cm³/mol. The van der Waals surface area contributed by atoms with Crippen LogP contribution in [0.4, 0.5) is 5.13 Å². The fraction of sp³-hybridized carbons (Fsp3) is 0.440. The number of piperazine rings is 1. The van der Waals surface area contributed by atoms with Gasteiger partial charge >= 0.3 is 0 Å². The van der Waals surface area contributed by atoms with E-state index in [0.717, 1.165) is 15.3 Å². The fourth-order valence-corrected chi connectivity index (χ4v) is 7.63. The second-order valence-electron chi connectivity index (χ2n) is 9.31. The zero-order valence-corrected chi connectivity index (χ0v) is 23.3. The number of hydrogen-bond donors (Lipinski definition) is 0. The minimum atomic E-state index is -3.65. The van der Waals surface area contributed by atoms with Crippen molar-refractivity contribution in [2.24, 2.45) is 0 Å². The number of carbonyl (C=O) groups is 1. The van der Waals surface area contributed by atoms with E-state index in [1.54, 1.807) is 41.5 Å². The number of morpholine rings is 1. The number of amides is 1. The van der Waals surface area contributed by atoms with Crippen LogP contribution in [0.2, 0.25) is 5.02 Å². The summed E-state index contributed by atoms with van der Waals surface area (Å²) in [5, 5.41) is 1.39. The molecule has 1 aromatic heterocycles. The molecule has 0 bridgehead atoms. The minimum absolute atomic E-state index is 0.116. The minimum Gasteiger partial charge on any atom is -0.493 e. The first-order chi connectivity index (χ1) is 17.7. The molecular formula is C25H29ClN4O5S2. The third-order valence-corrected chi connectivity index (χ3v) is 9.85. The van der Waals surface area contributed by atoms with Gasteiger partial charge in [0.25, 0.3) is 5.91 Å². The molecule has 2 fully saturated rings. The number of rotatable bonds is 5. The summed E-state index contributed by atoms with van der Waals surface area (Å²) in [6.07, 6.45) is -0.332. The maximum atomic E-state index is 13.1. The van der Waals surface area contributed by atoms with Crippen LogP contribution < -0.4 is 9.64 Å². The molecule has 0 spiro atoms. The average Bonchev–Trinajstić information content (AvgIpc) is 3.32. The lowest BCUT2D eigenvalue weighted by Gasteiger charge is -2.35. The quantitative estimate of drug-likeness (QED) is 0.466. The predicted octanol–water partition coefficient (Wildman–Crippen LogP) is 3.72. The highest BCUT2D eigenvalue weighted by Gasteiger charge is 2.32. The summed E-state index contributed by atoms with van der Waals surface area (Å²) < 4.78 is 39.7. The molecule has 9 nitrogen and oxygen atoms in total. The number of benzene rings is 2. The van der Waals surface area contributed by atoms with E-state index < -0.39 is 10.0 Å². The second kappa shape index (κ2) is 10.4. The Kier molecular flexibility index (Phi) is 7.34. The SMILES string of the molecule is COc1c(Cl)ccc2sc(N3CCN(C(=O)c4ccc(S(=O)(=O)N5CC(C)OC(C)C5)cc4)CC3)nc12. The molecule has 0 saturated carbocycles. The van der Waals surface area contributed by atoms with E-state index in [2.05, 4.69) is 4.90 Å². The molecule has 2 aromatic carbocycles. The van der Waals surface area contributed by atoms with Crippen molar-refractivity contribution in [1.29, 1.82) is 0 Å². The molecule has 1 amide bonds. The van der Waals surface area contributed by atoms with Gasteiger partial charge in [-0.2, -0.15) is 4.31 Å². The van der Waals surface area contributed by atoms with Crippen molar-refractivity contribution >= 4 is 54.2 Å². The van der Waals surface area contributed by atoms with Gasteiger partial charge in [-0.1, -0.05) is 22.9 Å². The van der Waals surface area contributed by atoms with Gasteiger partial charge in [-0.15, -0.1) is 0 Å². The maximum Gasteiger partial charge on any atom is 0.253 e. The van der Waals surface area contributed by atoms with Gasteiger partial charge in [-0.05, 0) is 50.2 Å². The van der Waals surface area contributed by atoms with Crippen LogP contribution in [-0.4, -0.2) is 87.1 Å². The average molecular weight is 565 g/mol. The molecule has 3 heterocycles. The Morgan fingerprint density at radius 3 is 2.32 bits per heavy atom. The van der Waals surface area contributed by atoms with Crippen LogP contribution in [0.15, 0.2) is 41.3 Å². The summed E-state index contributed by atoms with van der Waals surface area (Å²) in [5.74, 6) is 0.452. The van der Waals surface area contributed by atoms with Gasteiger partial charge in [0.1, 0.15) is 5.52 Å². The Hall–Kier alpha value is -2.44. The second-order valence-corrected chi connectivity index (χ2v) is 12.7. The number of carbonyl (C=O) groups excluding carboxylic acids is 1. The van der Waals surface area contributed by atoms with Crippen LogP contribution in [0.5, 0.6) is 5.75 Å².